The standard InChI is InChI=1S/C18H21N2O3P/c1-18(2)14-22-24(21,20-19-13-15-9-5-3-6-10-15)23-17(18)16-11-7-4-8-12-16/h3-13,17H,14H2,1-2H3,(H,20,21)/b19-13+/t17-,24-/m0/s1. The van der Waals surface area contributed by atoms with Crippen LogP contribution in [0.1, 0.15) is 31.1 Å². The molecule has 2 aromatic rings. The highest BCUT2D eigenvalue weighted by molar-refractivity contribution is 7.51. The van der Waals surface area contributed by atoms with E-state index in [-0.39, 0.29) is 11.5 Å². The van der Waals surface area contributed by atoms with Gasteiger partial charge in [-0.25, -0.2) is 9.76 Å². The Bertz CT molecular complexity index is 747. The van der Waals surface area contributed by atoms with Gasteiger partial charge in [-0.15, -0.1) is 0 Å². The molecule has 1 saturated heterocycles. The van der Waals surface area contributed by atoms with E-state index < -0.39 is 7.75 Å². The highest BCUT2D eigenvalue weighted by Gasteiger charge is 2.45. The van der Waals surface area contributed by atoms with Gasteiger partial charge in [-0.05, 0) is 11.1 Å². The van der Waals surface area contributed by atoms with Crippen molar-refractivity contribution in [2.24, 2.45) is 10.5 Å². The topological polar surface area (TPSA) is 59.9 Å². The summed E-state index contributed by atoms with van der Waals surface area (Å²) in [5, 5.41) is 6.59. The van der Waals surface area contributed by atoms with Crippen LogP contribution in [0.2, 0.25) is 0 Å². The van der Waals surface area contributed by atoms with Gasteiger partial charge in [0.1, 0.15) is 6.10 Å². The average Bonchev–Trinajstić information content (AvgIpc) is 2.59. The smallest absolute Gasteiger partial charge is 0.291 e. The molecule has 1 N–H and O–H groups in total. The summed E-state index contributed by atoms with van der Waals surface area (Å²) in [6, 6.07) is 19.3. The van der Waals surface area contributed by atoms with Gasteiger partial charge >= 0.3 is 7.75 Å². The van der Waals surface area contributed by atoms with E-state index in [9.17, 15) is 4.57 Å². The van der Waals surface area contributed by atoms with Crippen LogP contribution in [0.15, 0.2) is 65.8 Å². The Morgan fingerprint density at radius 3 is 2.42 bits per heavy atom. The number of hydrogen-bond acceptors (Lipinski definition) is 4. The third-order valence-electron chi connectivity index (χ3n) is 3.86. The molecular weight excluding hydrogens is 323 g/mol. The average molecular weight is 344 g/mol. The van der Waals surface area contributed by atoms with Gasteiger partial charge in [-0.3, -0.25) is 9.05 Å². The summed E-state index contributed by atoms with van der Waals surface area (Å²) < 4.78 is 24.1. The zero-order valence-electron chi connectivity index (χ0n) is 13.8. The Morgan fingerprint density at radius 2 is 1.75 bits per heavy atom. The molecule has 0 unspecified atom stereocenters. The van der Waals surface area contributed by atoms with E-state index in [2.05, 4.69) is 10.3 Å². The lowest BCUT2D eigenvalue weighted by Crippen LogP contribution is -2.35. The van der Waals surface area contributed by atoms with Crippen molar-refractivity contribution in [1.29, 1.82) is 0 Å². The van der Waals surface area contributed by atoms with Crippen LogP contribution in [0.4, 0.5) is 0 Å². The first-order chi connectivity index (χ1) is 11.5. The van der Waals surface area contributed by atoms with Gasteiger partial charge < -0.3 is 0 Å². The van der Waals surface area contributed by atoms with Gasteiger partial charge in [0.2, 0.25) is 0 Å². The molecule has 0 amide bonds. The van der Waals surface area contributed by atoms with Crippen LogP contribution < -0.4 is 5.20 Å². The molecule has 1 aliphatic heterocycles. The molecule has 0 radical (unpaired) electrons. The fourth-order valence-electron chi connectivity index (χ4n) is 2.54. The fraction of sp³-hybridized carbons (Fsp3) is 0.278. The van der Waals surface area contributed by atoms with Crippen LogP contribution in [-0.2, 0) is 13.6 Å². The van der Waals surface area contributed by atoms with E-state index in [4.69, 9.17) is 9.05 Å². The molecule has 24 heavy (non-hydrogen) atoms. The summed E-state index contributed by atoms with van der Waals surface area (Å²) in [5.74, 6) is 0. The number of nitrogens with zero attached hydrogens (tertiary/aromatic N) is 1. The van der Waals surface area contributed by atoms with E-state index >= 15 is 0 Å². The Morgan fingerprint density at radius 1 is 1.12 bits per heavy atom. The third-order valence-corrected chi connectivity index (χ3v) is 5.17. The zero-order valence-corrected chi connectivity index (χ0v) is 14.6. The molecule has 0 aliphatic carbocycles. The van der Waals surface area contributed by atoms with Crippen LogP contribution in [0.5, 0.6) is 0 Å². The molecule has 5 nitrogen and oxygen atoms in total. The Kier molecular flexibility index (Phi) is 4.86. The summed E-state index contributed by atoms with van der Waals surface area (Å²) in [6.45, 7) is 4.38. The number of hydrogen-bond donors (Lipinski definition) is 1. The zero-order chi connectivity index (χ0) is 17.0. The highest BCUT2D eigenvalue weighted by Crippen LogP contribution is 2.58. The first kappa shape index (κ1) is 16.9. The Hall–Kier alpha value is -1.94. The summed E-state index contributed by atoms with van der Waals surface area (Å²) in [6.07, 6.45) is 1.25. The van der Waals surface area contributed by atoms with E-state index in [1.54, 1.807) is 6.21 Å². The second-order valence-electron chi connectivity index (χ2n) is 6.42. The monoisotopic (exact) mass is 344 g/mol. The van der Waals surface area contributed by atoms with Crippen molar-refractivity contribution < 1.29 is 13.6 Å². The predicted molar refractivity (Wildman–Crippen MR) is 94.8 cm³/mol. The van der Waals surface area contributed by atoms with E-state index in [0.717, 1.165) is 11.1 Å². The van der Waals surface area contributed by atoms with Gasteiger partial charge in [-0.2, -0.15) is 5.10 Å². The van der Waals surface area contributed by atoms with Gasteiger partial charge in [-0.1, -0.05) is 74.5 Å². The largest absolute Gasteiger partial charge is 0.448 e. The van der Waals surface area contributed by atoms with E-state index in [1.165, 1.54) is 0 Å². The van der Waals surface area contributed by atoms with Crippen molar-refractivity contribution in [1.82, 2.24) is 5.20 Å². The molecule has 126 valence electrons. The number of rotatable bonds is 4. The maximum Gasteiger partial charge on any atom is 0.448 e. The van der Waals surface area contributed by atoms with Crippen LogP contribution in [0, 0.1) is 5.41 Å². The maximum atomic E-state index is 12.8. The van der Waals surface area contributed by atoms with Crippen molar-refractivity contribution in [2.45, 2.75) is 20.0 Å². The quantitative estimate of drug-likeness (QED) is 0.503. The first-order valence-electron chi connectivity index (χ1n) is 7.82. The van der Waals surface area contributed by atoms with E-state index in [0.29, 0.717) is 6.61 Å². The lowest BCUT2D eigenvalue weighted by atomic mass is 9.83. The minimum absolute atomic E-state index is 0.292. The van der Waals surface area contributed by atoms with Crippen LogP contribution in [-0.4, -0.2) is 12.8 Å². The Balaban J connectivity index is 1.74. The summed E-state index contributed by atoms with van der Waals surface area (Å²) >= 11 is 0. The number of hydrazone groups is 1. The second kappa shape index (κ2) is 6.89. The molecule has 0 aromatic heterocycles. The van der Waals surface area contributed by atoms with Gasteiger partial charge in [0, 0.05) is 5.41 Å². The highest BCUT2D eigenvalue weighted by atomic mass is 31.2. The van der Waals surface area contributed by atoms with Gasteiger partial charge in [0.15, 0.2) is 0 Å². The molecular formula is C18H21N2O3P. The van der Waals surface area contributed by atoms with Crippen LogP contribution >= 0.6 is 7.75 Å². The lowest BCUT2D eigenvalue weighted by molar-refractivity contribution is -0.0299. The predicted octanol–water partition coefficient (Wildman–Crippen LogP) is 4.53. The Labute approximate surface area is 142 Å². The van der Waals surface area contributed by atoms with Crippen molar-refractivity contribution in [2.75, 3.05) is 6.61 Å². The van der Waals surface area contributed by atoms with Gasteiger partial charge in [0.05, 0.1) is 12.8 Å². The molecule has 0 bridgehead atoms. The maximum absolute atomic E-state index is 12.8. The molecule has 3 rings (SSSR count). The van der Waals surface area contributed by atoms with Crippen molar-refractivity contribution in [3.05, 3.63) is 71.8 Å². The van der Waals surface area contributed by atoms with E-state index in [1.807, 2.05) is 74.5 Å². The first-order valence-corrected chi connectivity index (χ1v) is 9.36. The molecule has 2 atom stereocenters. The van der Waals surface area contributed by atoms with Gasteiger partial charge in [0.25, 0.3) is 0 Å². The molecule has 6 heteroatoms. The summed E-state index contributed by atoms with van der Waals surface area (Å²) in [4.78, 5) is 0. The molecule has 1 fully saturated rings. The van der Waals surface area contributed by atoms with Crippen molar-refractivity contribution in [3.8, 4) is 0 Å². The molecule has 1 heterocycles. The minimum Gasteiger partial charge on any atom is -0.291 e. The molecule has 2 aromatic carbocycles. The SMILES string of the molecule is CC1(C)CO[P@@](=O)(N/N=C/c2ccccc2)O[C@H]1c1ccccc1. The van der Waals surface area contributed by atoms with Crippen molar-refractivity contribution >= 4 is 14.0 Å². The normalized spacial score (nSPS) is 26.3. The molecule has 0 spiro atoms. The minimum atomic E-state index is -3.50. The second-order valence-corrected chi connectivity index (χ2v) is 8.09. The third kappa shape index (κ3) is 3.93. The van der Waals surface area contributed by atoms with Crippen LogP contribution in [0.25, 0.3) is 0 Å². The van der Waals surface area contributed by atoms with Crippen LogP contribution in [0.3, 0.4) is 0 Å². The number of benzene rings is 2. The summed E-state index contributed by atoms with van der Waals surface area (Å²) in [5.41, 5.74) is 1.58. The van der Waals surface area contributed by atoms with Crippen molar-refractivity contribution in [3.63, 3.8) is 0 Å². The lowest BCUT2D eigenvalue weighted by Gasteiger charge is -2.40. The molecule has 1 aliphatic rings. The summed E-state index contributed by atoms with van der Waals surface area (Å²) in [7, 11) is -3.50. The fourth-order valence-corrected chi connectivity index (χ4v) is 4.10. The number of nitrogens with one attached hydrogen (secondary N) is 1. The molecule has 0 saturated carbocycles.